The van der Waals surface area contributed by atoms with E-state index in [-0.39, 0.29) is 5.91 Å². The maximum Gasteiger partial charge on any atom is 0.236 e. The third-order valence-corrected chi connectivity index (χ3v) is 7.44. The van der Waals surface area contributed by atoms with E-state index >= 15 is 0 Å². The van der Waals surface area contributed by atoms with Gasteiger partial charge >= 0.3 is 0 Å². The normalized spacial score (nSPS) is 17.4. The van der Waals surface area contributed by atoms with Gasteiger partial charge in [-0.2, -0.15) is 16.9 Å². The van der Waals surface area contributed by atoms with Gasteiger partial charge in [0.15, 0.2) is 0 Å². The number of nitrogens with zero attached hydrogens (tertiary/aromatic N) is 2. The van der Waals surface area contributed by atoms with E-state index in [2.05, 4.69) is 49.5 Å². The van der Waals surface area contributed by atoms with Crippen molar-refractivity contribution in [2.75, 3.05) is 18.5 Å². The van der Waals surface area contributed by atoms with Crippen LogP contribution >= 0.6 is 11.8 Å². The third-order valence-electron chi connectivity index (χ3n) is 6.47. The minimum Gasteiger partial charge on any atom is -0.381 e. The van der Waals surface area contributed by atoms with E-state index in [1.807, 2.05) is 34.6 Å². The van der Waals surface area contributed by atoms with E-state index in [9.17, 15) is 4.79 Å². The van der Waals surface area contributed by atoms with E-state index < -0.39 is 5.41 Å². The van der Waals surface area contributed by atoms with Gasteiger partial charge in [0.2, 0.25) is 5.91 Å². The number of carbonyl (C=O) groups excluding carboxylic acids is 1. The average molecular weight is 434 g/mol. The molecule has 160 valence electrons. The Balaban J connectivity index is 1.57. The highest BCUT2D eigenvalue weighted by Gasteiger charge is 2.42. The van der Waals surface area contributed by atoms with Crippen LogP contribution in [0.25, 0.3) is 5.69 Å². The third kappa shape index (κ3) is 3.58. The van der Waals surface area contributed by atoms with Gasteiger partial charge in [0.1, 0.15) is 5.82 Å². The fraction of sp³-hybridized carbons (Fsp3) is 0.360. The number of fused-ring (bicyclic) bond motifs is 1. The second-order valence-corrected chi connectivity index (χ2v) is 9.47. The number of benzene rings is 2. The summed E-state index contributed by atoms with van der Waals surface area (Å²) in [6.45, 7) is 5.37. The number of anilines is 1. The Morgan fingerprint density at radius 2 is 1.87 bits per heavy atom. The molecular weight excluding hydrogens is 406 g/mol. The Hall–Kier alpha value is -2.57. The van der Waals surface area contributed by atoms with Crippen LogP contribution in [0.1, 0.15) is 40.8 Å². The molecule has 6 heteroatoms. The summed E-state index contributed by atoms with van der Waals surface area (Å²) < 4.78 is 7.56. The molecule has 2 aliphatic rings. The predicted octanol–water partition coefficient (Wildman–Crippen LogP) is 4.92. The highest BCUT2D eigenvalue weighted by Crippen LogP contribution is 2.40. The molecule has 31 heavy (non-hydrogen) atoms. The molecule has 1 N–H and O–H groups in total. The number of amides is 1. The van der Waals surface area contributed by atoms with Crippen molar-refractivity contribution in [3.8, 4) is 5.69 Å². The molecular formula is C25H27N3O2S. The van der Waals surface area contributed by atoms with Crippen molar-refractivity contribution in [2.24, 2.45) is 0 Å². The average Bonchev–Trinajstić information content (AvgIpc) is 3.37. The lowest BCUT2D eigenvalue weighted by Crippen LogP contribution is -2.45. The molecule has 0 unspecified atom stereocenters. The Morgan fingerprint density at radius 3 is 2.61 bits per heavy atom. The molecule has 2 aromatic carbocycles. The summed E-state index contributed by atoms with van der Waals surface area (Å²) >= 11 is 1.85. The first-order valence-corrected chi connectivity index (χ1v) is 11.9. The molecule has 1 saturated heterocycles. The zero-order valence-electron chi connectivity index (χ0n) is 18.0. The fourth-order valence-electron chi connectivity index (χ4n) is 4.71. The van der Waals surface area contributed by atoms with Gasteiger partial charge in [-0.3, -0.25) is 4.79 Å². The molecule has 1 aromatic heterocycles. The lowest BCUT2D eigenvalue weighted by molar-refractivity contribution is -0.125. The highest BCUT2D eigenvalue weighted by molar-refractivity contribution is 7.98. The van der Waals surface area contributed by atoms with Crippen LogP contribution in [-0.4, -0.2) is 28.9 Å². The molecule has 5 nitrogen and oxygen atoms in total. The van der Waals surface area contributed by atoms with Gasteiger partial charge < -0.3 is 10.1 Å². The summed E-state index contributed by atoms with van der Waals surface area (Å²) in [6.07, 6.45) is 1.36. The molecule has 3 heterocycles. The minimum absolute atomic E-state index is 0.0348. The number of carbonyl (C=O) groups is 1. The van der Waals surface area contributed by atoms with E-state index in [0.717, 1.165) is 45.4 Å². The summed E-state index contributed by atoms with van der Waals surface area (Å²) in [5.41, 5.74) is 6.06. The summed E-state index contributed by atoms with van der Waals surface area (Å²) in [6, 6.07) is 16.5. The number of aryl methyl sites for hydroxylation is 2. The van der Waals surface area contributed by atoms with E-state index in [0.29, 0.717) is 26.1 Å². The lowest BCUT2D eigenvalue weighted by Gasteiger charge is -2.36. The molecule has 3 aromatic rings. The van der Waals surface area contributed by atoms with Crippen LogP contribution in [0.15, 0.2) is 48.5 Å². The Labute approximate surface area is 187 Å². The molecule has 1 fully saturated rings. The summed E-state index contributed by atoms with van der Waals surface area (Å²) in [7, 11) is 0. The van der Waals surface area contributed by atoms with Crippen LogP contribution in [-0.2, 0) is 26.5 Å². The van der Waals surface area contributed by atoms with Crippen LogP contribution in [0.4, 0.5) is 5.82 Å². The first-order chi connectivity index (χ1) is 15.1. The van der Waals surface area contributed by atoms with Gasteiger partial charge in [-0.15, -0.1) is 0 Å². The van der Waals surface area contributed by atoms with Gasteiger partial charge in [-0.25, -0.2) is 4.68 Å². The number of nitrogens with one attached hydrogen (secondary N) is 1. The number of rotatable bonds is 4. The molecule has 0 spiro atoms. The zero-order valence-corrected chi connectivity index (χ0v) is 18.8. The quantitative estimate of drug-likeness (QED) is 0.634. The lowest BCUT2D eigenvalue weighted by atomic mass is 9.73. The first-order valence-electron chi connectivity index (χ1n) is 10.8. The number of hydrogen-bond acceptors (Lipinski definition) is 4. The smallest absolute Gasteiger partial charge is 0.236 e. The topological polar surface area (TPSA) is 56.2 Å². The molecule has 0 aliphatic carbocycles. The fourth-order valence-corrected chi connectivity index (χ4v) is 5.74. The summed E-state index contributed by atoms with van der Waals surface area (Å²) in [5.74, 6) is 2.61. The number of thioether (sulfide) groups is 1. The van der Waals surface area contributed by atoms with Crippen molar-refractivity contribution in [1.29, 1.82) is 0 Å². The van der Waals surface area contributed by atoms with Gasteiger partial charge in [-0.1, -0.05) is 48.0 Å². The van der Waals surface area contributed by atoms with Crippen molar-refractivity contribution in [3.05, 3.63) is 76.5 Å². The molecule has 5 rings (SSSR count). The Bertz CT molecular complexity index is 1120. The predicted molar refractivity (Wildman–Crippen MR) is 125 cm³/mol. The summed E-state index contributed by atoms with van der Waals surface area (Å²) in [4.78, 5) is 13.9. The number of aromatic nitrogens is 2. The maximum atomic E-state index is 13.9. The van der Waals surface area contributed by atoms with Crippen molar-refractivity contribution in [3.63, 3.8) is 0 Å². The SMILES string of the molecule is Cc1ccc(-n2nc3c(c2NC(=O)C2(c4ccccc4)CCOCC2)CSC3)c(C)c1. The first kappa shape index (κ1) is 20.3. The highest BCUT2D eigenvalue weighted by atomic mass is 32.2. The van der Waals surface area contributed by atoms with Crippen LogP contribution in [0.2, 0.25) is 0 Å². The number of hydrogen-bond donors (Lipinski definition) is 1. The molecule has 0 bridgehead atoms. The van der Waals surface area contributed by atoms with E-state index in [1.165, 1.54) is 5.56 Å². The second kappa shape index (κ2) is 8.17. The maximum absolute atomic E-state index is 13.9. The van der Waals surface area contributed by atoms with Crippen molar-refractivity contribution in [1.82, 2.24) is 9.78 Å². The van der Waals surface area contributed by atoms with Crippen LogP contribution in [0.3, 0.4) is 0 Å². The molecule has 2 aliphatic heterocycles. The van der Waals surface area contributed by atoms with Gasteiger partial charge in [0, 0.05) is 30.3 Å². The molecule has 1 amide bonds. The number of ether oxygens (including phenoxy) is 1. The standard InChI is InChI=1S/C25H27N3O2S/c1-17-8-9-22(18(2)14-17)28-23(20-15-31-16-21(20)27-28)26-24(29)25(10-12-30-13-11-25)19-6-4-3-5-7-19/h3-9,14H,10-13,15-16H2,1-2H3,(H,26,29). The summed E-state index contributed by atoms with van der Waals surface area (Å²) in [5, 5.41) is 8.23. The molecule has 0 radical (unpaired) electrons. The van der Waals surface area contributed by atoms with Crippen LogP contribution in [0.5, 0.6) is 0 Å². The van der Waals surface area contributed by atoms with Crippen LogP contribution < -0.4 is 5.32 Å². The monoisotopic (exact) mass is 433 g/mol. The minimum atomic E-state index is -0.588. The van der Waals surface area contributed by atoms with Gasteiger partial charge in [-0.05, 0) is 43.9 Å². The van der Waals surface area contributed by atoms with E-state index in [1.54, 1.807) is 0 Å². The van der Waals surface area contributed by atoms with Crippen molar-refractivity contribution >= 4 is 23.5 Å². The van der Waals surface area contributed by atoms with Crippen LogP contribution in [0, 0.1) is 13.8 Å². The molecule has 0 atom stereocenters. The largest absolute Gasteiger partial charge is 0.381 e. The molecule has 0 saturated carbocycles. The Morgan fingerprint density at radius 1 is 1.10 bits per heavy atom. The van der Waals surface area contributed by atoms with Gasteiger partial charge in [0.25, 0.3) is 0 Å². The van der Waals surface area contributed by atoms with Crippen molar-refractivity contribution in [2.45, 2.75) is 43.6 Å². The van der Waals surface area contributed by atoms with Gasteiger partial charge in [0.05, 0.1) is 16.8 Å². The second-order valence-electron chi connectivity index (χ2n) is 8.48. The zero-order chi connectivity index (χ0) is 21.4. The van der Waals surface area contributed by atoms with E-state index in [4.69, 9.17) is 9.84 Å². The van der Waals surface area contributed by atoms with Crippen molar-refractivity contribution < 1.29 is 9.53 Å². The Kier molecular flexibility index (Phi) is 5.36.